The molecule has 0 aromatic heterocycles. The molecule has 0 aliphatic heterocycles. The van der Waals surface area contributed by atoms with Crippen molar-refractivity contribution in [3.05, 3.63) is 48.6 Å². The molecule has 1 N–H and O–H groups in total. The van der Waals surface area contributed by atoms with E-state index >= 15 is 0 Å². The lowest BCUT2D eigenvalue weighted by atomic mass is 9.87. The van der Waals surface area contributed by atoms with Crippen LogP contribution in [-0.4, -0.2) is 13.1 Å². The summed E-state index contributed by atoms with van der Waals surface area (Å²) in [5.74, 6) is 0.578. The van der Waals surface area contributed by atoms with E-state index in [2.05, 4.69) is 49.2 Å². The quantitative estimate of drug-likeness (QED) is 0.699. The average molecular weight is 203 g/mol. The van der Waals surface area contributed by atoms with Crippen LogP contribution in [0.25, 0.3) is 0 Å². The topological polar surface area (TPSA) is 12.0 Å². The lowest BCUT2D eigenvalue weighted by molar-refractivity contribution is 0.455. The minimum atomic E-state index is 0.495. The number of likely N-dealkylation sites (N-methyl/N-ethyl adjacent to an activating group) is 1. The molecular formula is C14H21N. The molecule has 1 aromatic carbocycles. The normalized spacial score (nSPS) is 14.5. The first kappa shape index (κ1) is 12.0. The van der Waals surface area contributed by atoms with Gasteiger partial charge in [-0.15, -0.1) is 6.58 Å². The van der Waals surface area contributed by atoms with Crippen molar-refractivity contribution in [3.63, 3.8) is 0 Å². The molecule has 1 heteroatoms. The highest BCUT2D eigenvalue weighted by atomic mass is 14.9. The van der Waals surface area contributed by atoms with Crippen LogP contribution in [-0.2, 0) is 0 Å². The Hall–Kier alpha value is -1.08. The SMILES string of the molecule is C=CCC(NC)C(CC)c1ccccc1. The average Bonchev–Trinajstić information content (AvgIpc) is 2.30. The second kappa shape index (κ2) is 6.41. The summed E-state index contributed by atoms with van der Waals surface area (Å²) >= 11 is 0. The third kappa shape index (κ3) is 3.21. The summed E-state index contributed by atoms with van der Waals surface area (Å²) in [7, 11) is 2.03. The molecule has 0 spiro atoms. The lowest BCUT2D eigenvalue weighted by Gasteiger charge is -2.25. The van der Waals surface area contributed by atoms with Gasteiger partial charge in [0.25, 0.3) is 0 Å². The number of rotatable bonds is 6. The maximum atomic E-state index is 3.82. The van der Waals surface area contributed by atoms with Crippen LogP contribution < -0.4 is 5.32 Å². The number of benzene rings is 1. The van der Waals surface area contributed by atoms with E-state index in [1.165, 1.54) is 5.56 Å². The van der Waals surface area contributed by atoms with E-state index in [1.807, 2.05) is 13.1 Å². The van der Waals surface area contributed by atoms with Crippen LogP contribution in [0, 0.1) is 0 Å². The maximum Gasteiger partial charge on any atom is 0.0167 e. The highest BCUT2D eigenvalue weighted by Gasteiger charge is 2.18. The van der Waals surface area contributed by atoms with Crippen LogP contribution in [0.2, 0.25) is 0 Å². The van der Waals surface area contributed by atoms with Crippen molar-refractivity contribution in [2.45, 2.75) is 31.7 Å². The number of nitrogens with one attached hydrogen (secondary N) is 1. The summed E-state index contributed by atoms with van der Waals surface area (Å²) in [6.07, 6.45) is 4.17. The van der Waals surface area contributed by atoms with Gasteiger partial charge in [0, 0.05) is 6.04 Å². The van der Waals surface area contributed by atoms with Gasteiger partial charge in [0.2, 0.25) is 0 Å². The minimum Gasteiger partial charge on any atom is -0.316 e. The molecule has 0 saturated carbocycles. The van der Waals surface area contributed by atoms with E-state index in [0.717, 1.165) is 12.8 Å². The molecule has 15 heavy (non-hydrogen) atoms. The van der Waals surface area contributed by atoms with Crippen LogP contribution in [0.5, 0.6) is 0 Å². The van der Waals surface area contributed by atoms with Gasteiger partial charge in [0.05, 0.1) is 0 Å². The Morgan fingerprint density at radius 3 is 2.47 bits per heavy atom. The fraction of sp³-hybridized carbons (Fsp3) is 0.429. The van der Waals surface area contributed by atoms with Crippen molar-refractivity contribution in [1.29, 1.82) is 0 Å². The minimum absolute atomic E-state index is 0.495. The van der Waals surface area contributed by atoms with E-state index in [1.54, 1.807) is 0 Å². The van der Waals surface area contributed by atoms with Gasteiger partial charge < -0.3 is 5.32 Å². The molecule has 2 unspecified atom stereocenters. The molecule has 1 nitrogen and oxygen atoms in total. The monoisotopic (exact) mass is 203 g/mol. The van der Waals surface area contributed by atoms with Gasteiger partial charge in [0.15, 0.2) is 0 Å². The predicted molar refractivity (Wildman–Crippen MR) is 67.1 cm³/mol. The molecule has 1 aromatic rings. The Balaban J connectivity index is 2.82. The Labute approximate surface area is 93.2 Å². The molecule has 0 bridgehead atoms. The number of hydrogen-bond donors (Lipinski definition) is 1. The Kier molecular flexibility index (Phi) is 5.13. The van der Waals surface area contributed by atoms with Crippen LogP contribution in [0.15, 0.2) is 43.0 Å². The van der Waals surface area contributed by atoms with Gasteiger partial charge in [0.1, 0.15) is 0 Å². The first-order chi connectivity index (χ1) is 7.33. The molecule has 1 rings (SSSR count). The molecule has 2 atom stereocenters. The molecular weight excluding hydrogens is 182 g/mol. The second-order valence-corrected chi connectivity index (χ2v) is 3.84. The van der Waals surface area contributed by atoms with Gasteiger partial charge in [-0.2, -0.15) is 0 Å². The Morgan fingerprint density at radius 1 is 1.33 bits per heavy atom. The fourth-order valence-corrected chi connectivity index (χ4v) is 2.12. The van der Waals surface area contributed by atoms with Gasteiger partial charge >= 0.3 is 0 Å². The van der Waals surface area contributed by atoms with Gasteiger partial charge in [-0.1, -0.05) is 43.3 Å². The van der Waals surface area contributed by atoms with Crippen LogP contribution >= 0.6 is 0 Å². The third-order valence-electron chi connectivity index (χ3n) is 2.94. The zero-order valence-electron chi connectivity index (χ0n) is 9.74. The van der Waals surface area contributed by atoms with Gasteiger partial charge in [-0.3, -0.25) is 0 Å². The predicted octanol–water partition coefficient (Wildman–Crippen LogP) is 3.34. The highest BCUT2D eigenvalue weighted by molar-refractivity contribution is 5.21. The summed E-state index contributed by atoms with van der Waals surface area (Å²) in [6.45, 7) is 6.06. The Bertz CT molecular complexity index is 279. The summed E-state index contributed by atoms with van der Waals surface area (Å²) in [5, 5.41) is 3.38. The van der Waals surface area contributed by atoms with E-state index in [9.17, 15) is 0 Å². The molecule has 0 aliphatic rings. The maximum absolute atomic E-state index is 3.82. The molecule has 0 heterocycles. The summed E-state index contributed by atoms with van der Waals surface area (Å²) in [6, 6.07) is 11.2. The summed E-state index contributed by atoms with van der Waals surface area (Å²) in [4.78, 5) is 0. The fourth-order valence-electron chi connectivity index (χ4n) is 2.12. The lowest BCUT2D eigenvalue weighted by Crippen LogP contribution is -2.31. The molecule has 0 amide bonds. The first-order valence-electron chi connectivity index (χ1n) is 5.66. The van der Waals surface area contributed by atoms with Crippen molar-refractivity contribution in [1.82, 2.24) is 5.32 Å². The molecule has 82 valence electrons. The van der Waals surface area contributed by atoms with Crippen molar-refractivity contribution >= 4 is 0 Å². The van der Waals surface area contributed by atoms with Crippen molar-refractivity contribution in [2.24, 2.45) is 0 Å². The highest BCUT2D eigenvalue weighted by Crippen LogP contribution is 2.24. The summed E-state index contributed by atoms with van der Waals surface area (Å²) in [5.41, 5.74) is 1.42. The van der Waals surface area contributed by atoms with E-state index in [4.69, 9.17) is 0 Å². The largest absolute Gasteiger partial charge is 0.316 e. The van der Waals surface area contributed by atoms with Gasteiger partial charge in [-0.25, -0.2) is 0 Å². The van der Waals surface area contributed by atoms with Crippen molar-refractivity contribution in [3.8, 4) is 0 Å². The van der Waals surface area contributed by atoms with Gasteiger partial charge in [-0.05, 0) is 31.4 Å². The van der Waals surface area contributed by atoms with Crippen molar-refractivity contribution < 1.29 is 0 Å². The Morgan fingerprint density at radius 2 is 2.00 bits per heavy atom. The van der Waals surface area contributed by atoms with E-state index in [0.29, 0.717) is 12.0 Å². The molecule has 0 fully saturated rings. The van der Waals surface area contributed by atoms with E-state index < -0.39 is 0 Å². The standard InChI is InChI=1S/C14H21N/c1-4-9-14(15-3)13(5-2)12-10-7-6-8-11-12/h4,6-8,10-11,13-15H,1,5,9H2,2-3H3. The van der Waals surface area contributed by atoms with Crippen LogP contribution in [0.3, 0.4) is 0 Å². The number of hydrogen-bond acceptors (Lipinski definition) is 1. The van der Waals surface area contributed by atoms with Crippen LogP contribution in [0.4, 0.5) is 0 Å². The molecule has 0 aliphatic carbocycles. The zero-order valence-corrected chi connectivity index (χ0v) is 9.74. The van der Waals surface area contributed by atoms with Crippen molar-refractivity contribution in [2.75, 3.05) is 7.05 Å². The zero-order chi connectivity index (χ0) is 11.1. The smallest absolute Gasteiger partial charge is 0.0167 e. The second-order valence-electron chi connectivity index (χ2n) is 3.84. The van der Waals surface area contributed by atoms with Crippen LogP contribution in [0.1, 0.15) is 31.2 Å². The third-order valence-corrected chi connectivity index (χ3v) is 2.94. The summed E-state index contributed by atoms with van der Waals surface area (Å²) < 4.78 is 0. The van der Waals surface area contributed by atoms with E-state index in [-0.39, 0.29) is 0 Å². The molecule has 0 radical (unpaired) electrons. The molecule has 0 saturated heterocycles. The first-order valence-corrected chi connectivity index (χ1v) is 5.66.